The standard InChI is InChI=1S/C24H47NO/c1-5-8-11-13-15-20-24(19-14-12-9-6-2)26-23(4)18-17-22-25-21-16-10-7-3/h7,24-25H,3-6,8-22H2,1-2H3. The van der Waals surface area contributed by atoms with Crippen molar-refractivity contribution in [2.45, 2.75) is 116 Å². The van der Waals surface area contributed by atoms with Crippen molar-refractivity contribution in [3.63, 3.8) is 0 Å². The molecule has 1 N–H and O–H groups in total. The highest BCUT2D eigenvalue weighted by Gasteiger charge is 2.11. The lowest BCUT2D eigenvalue weighted by atomic mass is 10.0. The van der Waals surface area contributed by atoms with Crippen LogP contribution in [0.4, 0.5) is 0 Å². The third-order valence-corrected chi connectivity index (χ3v) is 4.91. The molecule has 0 bridgehead atoms. The van der Waals surface area contributed by atoms with Crippen LogP contribution in [0, 0.1) is 0 Å². The van der Waals surface area contributed by atoms with E-state index in [1.165, 1.54) is 77.0 Å². The average Bonchev–Trinajstić information content (AvgIpc) is 2.64. The van der Waals surface area contributed by atoms with Crippen molar-refractivity contribution in [1.29, 1.82) is 0 Å². The molecule has 2 nitrogen and oxygen atoms in total. The molecule has 0 fully saturated rings. The summed E-state index contributed by atoms with van der Waals surface area (Å²) in [6, 6.07) is 0. The lowest BCUT2D eigenvalue weighted by Crippen LogP contribution is -2.17. The summed E-state index contributed by atoms with van der Waals surface area (Å²) in [5.74, 6) is 0.993. The summed E-state index contributed by atoms with van der Waals surface area (Å²) < 4.78 is 6.25. The highest BCUT2D eigenvalue weighted by Crippen LogP contribution is 2.19. The Morgan fingerprint density at radius 1 is 0.846 bits per heavy atom. The second kappa shape index (κ2) is 20.6. The molecular formula is C24H47NO. The summed E-state index contributed by atoms with van der Waals surface area (Å²) in [6.45, 7) is 14.6. The fourth-order valence-electron chi connectivity index (χ4n) is 3.24. The minimum atomic E-state index is 0.390. The minimum Gasteiger partial charge on any atom is -0.495 e. The van der Waals surface area contributed by atoms with Gasteiger partial charge < -0.3 is 10.1 Å². The van der Waals surface area contributed by atoms with Crippen LogP contribution in [0.3, 0.4) is 0 Å². The molecule has 0 saturated heterocycles. The van der Waals surface area contributed by atoms with Gasteiger partial charge in [-0.3, -0.25) is 0 Å². The number of nitrogens with one attached hydrogen (secondary N) is 1. The molecule has 0 aliphatic carbocycles. The lowest BCUT2D eigenvalue weighted by molar-refractivity contribution is 0.0897. The molecular weight excluding hydrogens is 318 g/mol. The maximum Gasteiger partial charge on any atom is 0.0982 e. The summed E-state index contributed by atoms with van der Waals surface area (Å²) in [5, 5.41) is 3.49. The zero-order valence-electron chi connectivity index (χ0n) is 18.0. The van der Waals surface area contributed by atoms with E-state index in [1.54, 1.807) is 0 Å². The van der Waals surface area contributed by atoms with Gasteiger partial charge in [0.15, 0.2) is 0 Å². The van der Waals surface area contributed by atoms with E-state index in [0.29, 0.717) is 6.10 Å². The Bertz CT molecular complexity index is 313. The molecule has 0 saturated carbocycles. The molecule has 0 amide bonds. The van der Waals surface area contributed by atoms with Crippen molar-refractivity contribution in [2.24, 2.45) is 0 Å². The van der Waals surface area contributed by atoms with Crippen molar-refractivity contribution >= 4 is 0 Å². The maximum atomic E-state index is 6.25. The zero-order valence-corrected chi connectivity index (χ0v) is 18.0. The smallest absolute Gasteiger partial charge is 0.0982 e. The van der Waals surface area contributed by atoms with Crippen LogP contribution in [0.1, 0.15) is 110 Å². The highest BCUT2D eigenvalue weighted by molar-refractivity contribution is 4.84. The van der Waals surface area contributed by atoms with Crippen LogP contribution < -0.4 is 5.32 Å². The van der Waals surface area contributed by atoms with Gasteiger partial charge in [0.2, 0.25) is 0 Å². The first kappa shape index (κ1) is 25.2. The van der Waals surface area contributed by atoms with Crippen LogP contribution in [0.25, 0.3) is 0 Å². The summed E-state index contributed by atoms with van der Waals surface area (Å²) in [7, 11) is 0. The van der Waals surface area contributed by atoms with Crippen molar-refractivity contribution in [3.05, 3.63) is 25.0 Å². The Morgan fingerprint density at radius 3 is 2.04 bits per heavy atom. The first-order valence-electron chi connectivity index (χ1n) is 11.4. The van der Waals surface area contributed by atoms with Gasteiger partial charge in [-0.05, 0) is 58.0 Å². The summed E-state index contributed by atoms with van der Waals surface area (Å²) in [5.41, 5.74) is 0. The SMILES string of the molecule is C=CCCCNCCCC(=C)OC(CCCCCC)CCCCCCC. The number of unbranched alkanes of at least 4 members (excludes halogenated alkanes) is 8. The van der Waals surface area contributed by atoms with Crippen LogP contribution in [0.15, 0.2) is 25.0 Å². The van der Waals surface area contributed by atoms with Gasteiger partial charge in [0.05, 0.1) is 11.9 Å². The molecule has 0 aromatic rings. The first-order chi connectivity index (χ1) is 12.7. The zero-order chi connectivity index (χ0) is 19.3. The molecule has 0 aliphatic rings. The van der Waals surface area contributed by atoms with Crippen LogP contribution in [-0.4, -0.2) is 19.2 Å². The molecule has 154 valence electrons. The Labute approximate surface area is 164 Å². The third kappa shape index (κ3) is 18.0. The monoisotopic (exact) mass is 365 g/mol. The second-order valence-electron chi connectivity index (χ2n) is 7.62. The number of hydrogen-bond acceptors (Lipinski definition) is 2. The molecule has 0 radical (unpaired) electrons. The Morgan fingerprint density at radius 2 is 1.42 bits per heavy atom. The quantitative estimate of drug-likeness (QED) is 0.129. The van der Waals surface area contributed by atoms with Gasteiger partial charge in [0.1, 0.15) is 0 Å². The minimum absolute atomic E-state index is 0.390. The molecule has 1 atom stereocenters. The third-order valence-electron chi connectivity index (χ3n) is 4.91. The van der Waals surface area contributed by atoms with Crippen LogP contribution in [0.5, 0.6) is 0 Å². The molecule has 0 aliphatic heterocycles. The molecule has 26 heavy (non-hydrogen) atoms. The van der Waals surface area contributed by atoms with Gasteiger partial charge in [0, 0.05) is 6.42 Å². The van der Waals surface area contributed by atoms with Crippen LogP contribution in [0.2, 0.25) is 0 Å². The Kier molecular flexibility index (Phi) is 19.9. The van der Waals surface area contributed by atoms with Gasteiger partial charge in [-0.2, -0.15) is 0 Å². The van der Waals surface area contributed by atoms with Gasteiger partial charge in [-0.25, -0.2) is 0 Å². The molecule has 1 unspecified atom stereocenters. The maximum absolute atomic E-state index is 6.25. The largest absolute Gasteiger partial charge is 0.495 e. The van der Waals surface area contributed by atoms with Crippen LogP contribution >= 0.6 is 0 Å². The topological polar surface area (TPSA) is 21.3 Å². The summed E-state index contributed by atoms with van der Waals surface area (Å²) in [6.07, 6.45) is 21.2. The van der Waals surface area contributed by atoms with E-state index in [0.717, 1.165) is 38.1 Å². The van der Waals surface area contributed by atoms with E-state index < -0.39 is 0 Å². The van der Waals surface area contributed by atoms with E-state index in [1.807, 2.05) is 6.08 Å². The van der Waals surface area contributed by atoms with Crippen molar-refractivity contribution in [3.8, 4) is 0 Å². The first-order valence-corrected chi connectivity index (χ1v) is 11.4. The lowest BCUT2D eigenvalue weighted by Gasteiger charge is -2.21. The van der Waals surface area contributed by atoms with E-state index in [9.17, 15) is 0 Å². The highest BCUT2D eigenvalue weighted by atomic mass is 16.5. The van der Waals surface area contributed by atoms with E-state index in [-0.39, 0.29) is 0 Å². The predicted molar refractivity (Wildman–Crippen MR) is 118 cm³/mol. The molecule has 0 heterocycles. The Hall–Kier alpha value is -0.760. The van der Waals surface area contributed by atoms with Gasteiger partial charge in [-0.1, -0.05) is 71.4 Å². The van der Waals surface area contributed by atoms with Gasteiger partial charge in [0.25, 0.3) is 0 Å². The fraction of sp³-hybridized carbons (Fsp3) is 0.833. The Balaban J connectivity index is 3.91. The van der Waals surface area contributed by atoms with Gasteiger partial charge in [-0.15, -0.1) is 6.58 Å². The predicted octanol–water partition coefficient (Wildman–Crippen LogP) is 7.55. The number of ether oxygens (including phenoxy) is 1. The molecule has 0 spiro atoms. The molecule has 0 aromatic carbocycles. The second-order valence-corrected chi connectivity index (χ2v) is 7.62. The van der Waals surface area contributed by atoms with Crippen molar-refractivity contribution in [1.82, 2.24) is 5.32 Å². The molecule has 2 heteroatoms. The summed E-state index contributed by atoms with van der Waals surface area (Å²) in [4.78, 5) is 0. The van der Waals surface area contributed by atoms with E-state index in [2.05, 4.69) is 32.3 Å². The number of hydrogen-bond donors (Lipinski definition) is 1. The van der Waals surface area contributed by atoms with Gasteiger partial charge >= 0.3 is 0 Å². The van der Waals surface area contributed by atoms with Crippen molar-refractivity contribution < 1.29 is 4.74 Å². The van der Waals surface area contributed by atoms with E-state index in [4.69, 9.17) is 4.74 Å². The van der Waals surface area contributed by atoms with E-state index >= 15 is 0 Å². The fourth-order valence-corrected chi connectivity index (χ4v) is 3.24. The summed E-state index contributed by atoms with van der Waals surface area (Å²) >= 11 is 0. The van der Waals surface area contributed by atoms with Crippen molar-refractivity contribution in [2.75, 3.05) is 13.1 Å². The molecule has 0 aromatic heterocycles. The average molecular weight is 366 g/mol. The molecule has 0 rings (SSSR count). The number of allylic oxidation sites excluding steroid dienone is 2. The number of rotatable bonds is 21. The normalized spacial score (nSPS) is 12.1. The van der Waals surface area contributed by atoms with Crippen LogP contribution in [-0.2, 0) is 4.74 Å².